The van der Waals surface area contributed by atoms with Gasteiger partial charge in [-0.1, -0.05) is 24.3 Å². The predicted octanol–water partition coefficient (Wildman–Crippen LogP) is 5.54. The number of rotatable bonds is 3. The van der Waals surface area contributed by atoms with Crippen molar-refractivity contribution in [2.24, 2.45) is 5.92 Å². The number of benzene rings is 1. The largest absolute Gasteiger partial charge is 0.444 e. The van der Waals surface area contributed by atoms with Gasteiger partial charge in [-0.05, 0) is 49.4 Å². The van der Waals surface area contributed by atoms with Crippen LogP contribution in [0.1, 0.15) is 37.3 Å². The summed E-state index contributed by atoms with van der Waals surface area (Å²) in [6, 6.07) is 15.3. The number of nitrogens with one attached hydrogen (secondary N) is 1. The van der Waals surface area contributed by atoms with Crippen LogP contribution in [0.25, 0.3) is 5.57 Å². The van der Waals surface area contributed by atoms with Gasteiger partial charge in [0.05, 0.1) is 6.04 Å². The van der Waals surface area contributed by atoms with E-state index in [9.17, 15) is 15.3 Å². The van der Waals surface area contributed by atoms with E-state index < -0.39 is 17.7 Å². The van der Waals surface area contributed by atoms with Gasteiger partial charge in [0, 0.05) is 21.4 Å². The molecule has 1 N–H and O–H groups in total. The first-order valence-electron chi connectivity index (χ1n) is 9.13. The molecular formula is C22H21N3O2S2. The fraction of sp³-hybridized carbons (Fsp3) is 0.318. The average molecular weight is 424 g/mol. The molecule has 0 saturated heterocycles. The Morgan fingerprint density at radius 1 is 1.21 bits per heavy atom. The minimum absolute atomic E-state index is 0.0790. The Morgan fingerprint density at radius 3 is 2.55 bits per heavy atom. The van der Waals surface area contributed by atoms with Crippen molar-refractivity contribution in [3.63, 3.8) is 0 Å². The molecule has 3 rings (SSSR count). The normalized spacial score (nSPS) is 16.7. The van der Waals surface area contributed by atoms with Crippen LogP contribution in [0.3, 0.4) is 0 Å². The lowest BCUT2D eigenvalue weighted by Gasteiger charge is -2.34. The van der Waals surface area contributed by atoms with Crippen LogP contribution >= 0.6 is 23.1 Å². The van der Waals surface area contributed by atoms with Crippen molar-refractivity contribution in [2.45, 2.75) is 37.3 Å². The van der Waals surface area contributed by atoms with Crippen molar-refractivity contribution in [2.75, 3.05) is 5.75 Å². The van der Waals surface area contributed by atoms with E-state index in [-0.39, 0.29) is 11.5 Å². The lowest BCUT2D eigenvalue weighted by molar-refractivity contribution is 0.0496. The van der Waals surface area contributed by atoms with Gasteiger partial charge in [0.25, 0.3) is 0 Å². The zero-order valence-corrected chi connectivity index (χ0v) is 18.1. The average Bonchev–Trinajstić information content (AvgIpc) is 3.20. The zero-order chi connectivity index (χ0) is 21.0. The number of hydrogen-bond donors (Lipinski definition) is 1. The maximum atomic E-state index is 12.6. The van der Waals surface area contributed by atoms with E-state index in [0.29, 0.717) is 11.3 Å². The van der Waals surface area contributed by atoms with E-state index >= 15 is 0 Å². The second-order valence-electron chi connectivity index (χ2n) is 7.57. The van der Waals surface area contributed by atoms with Gasteiger partial charge in [-0.3, -0.25) is 0 Å². The van der Waals surface area contributed by atoms with Gasteiger partial charge in [0.15, 0.2) is 0 Å². The lowest BCUT2D eigenvalue weighted by atomic mass is 9.84. The number of ether oxygens (including phenoxy) is 1. The van der Waals surface area contributed by atoms with Gasteiger partial charge < -0.3 is 10.1 Å². The molecule has 2 heterocycles. The molecular weight excluding hydrogens is 402 g/mol. The van der Waals surface area contributed by atoms with Crippen LogP contribution in [0, 0.1) is 28.6 Å². The van der Waals surface area contributed by atoms with Crippen molar-refractivity contribution in [3.05, 3.63) is 57.8 Å². The highest BCUT2D eigenvalue weighted by atomic mass is 32.2. The number of thioether (sulfide) groups is 1. The Kier molecular flexibility index (Phi) is 6.32. The number of thiophene rings is 1. The Bertz CT molecular complexity index is 992. The van der Waals surface area contributed by atoms with Crippen molar-refractivity contribution < 1.29 is 9.53 Å². The third-order valence-corrected chi connectivity index (χ3v) is 6.53. The summed E-state index contributed by atoms with van der Waals surface area (Å²) in [6.45, 7) is 5.44. The van der Waals surface area contributed by atoms with Crippen LogP contribution < -0.4 is 5.32 Å². The van der Waals surface area contributed by atoms with Gasteiger partial charge >= 0.3 is 6.09 Å². The molecule has 0 fully saturated rings. The summed E-state index contributed by atoms with van der Waals surface area (Å²) in [5.41, 5.74) is 1.01. The summed E-state index contributed by atoms with van der Waals surface area (Å²) in [6.07, 6.45) is -0.519. The second kappa shape index (κ2) is 8.73. The Balaban J connectivity index is 2.07. The van der Waals surface area contributed by atoms with E-state index in [1.807, 2.05) is 62.5 Å². The van der Waals surface area contributed by atoms with Gasteiger partial charge in [0.1, 0.15) is 23.3 Å². The molecule has 5 nitrogen and oxygen atoms in total. The first-order chi connectivity index (χ1) is 13.8. The number of hydrogen-bond acceptors (Lipinski definition) is 6. The summed E-state index contributed by atoms with van der Waals surface area (Å²) >= 11 is 3.19. The van der Waals surface area contributed by atoms with Gasteiger partial charge in [-0.2, -0.15) is 10.5 Å². The van der Waals surface area contributed by atoms with Crippen LogP contribution in [0.2, 0.25) is 0 Å². The monoisotopic (exact) mass is 423 g/mol. The van der Waals surface area contributed by atoms with E-state index in [1.54, 1.807) is 11.8 Å². The van der Waals surface area contributed by atoms with Crippen molar-refractivity contribution >= 4 is 34.8 Å². The fourth-order valence-electron chi connectivity index (χ4n) is 3.28. The van der Waals surface area contributed by atoms with Crippen molar-refractivity contribution in [3.8, 4) is 12.1 Å². The van der Waals surface area contributed by atoms with Gasteiger partial charge in [-0.15, -0.1) is 23.1 Å². The molecule has 1 aromatic carbocycles. The number of fused-ring (bicyclic) bond motifs is 1. The van der Waals surface area contributed by atoms with Gasteiger partial charge in [0.2, 0.25) is 0 Å². The Hall–Kier alpha value is -2.74. The molecule has 0 radical (unpaired) electrons. The molecule has 148 valence electrons. The zero-order valence-electron chi connectivity index (χ0n) is 16.4. The number of alkyl carbamates (subject to hydrolysis) is 1. The first kappa shape index (κ1) is 21.0. The van der Waals surface area contributed by atoms with Crippen molar-refractivity contribution in [1.29, 1.82) is 10.5 Å². The molecule has 1 aliphatic heterocycles. The van der Waals surface area contributed by atoms with Crippen LogP contribution in [0.5, 0.6) is 0 Å². The minimum atomic E-state index is -0.624. The highest BCUT2D eigenvalue weighted by Gasteiger charge is 2.36. The topological polar surface area (TPSA) is 85.9 Å². The van der Waals surface area contributed by atoms with Crippen LogP contribution in [0.4, 0.5) is 4.79 Å². The highest BCUT2D eigenvalue weighted by Crippen LogP contribution is 2.47. The number of nitrogens with zero attached hydrogens (tertiary/aromatic N) is 2. The fourth-order valence-corrected chi connectivity index (χ4v) is 5.35. The first-order valence-corrected chi connectivity index (χ1v) is 11.0. The van der Waals surface area contributed by atoms with E-state index in [4.69, 9.17) is 4.74 Å². The maximum Gasteiger partial charge on any atom is 0.408 e. The summed E-state index contributed by atoms with van der Waals surface area (Å²) in [5, 5.41) is 24.2. The Labute approximate surface area is 179 Å². The second-order valence-corrected chi connectivity index (χ2v) is 9.61. The molecule has 0 spiro atoms. The van der Waals surface area contributed by atoms with Crippen molar-refractivity contribution in [1.82, 2.24) is 5.32 Å². The maximum absolute atomic E-state index is 12.6. The summed E-state index contributed by atoms with van der Waals surface area (Å²) in [7, 11) is 0. The van der Waals surface area contributed by atoms with Crippen LogP contribution in [-0.2, 0) is 4.74 Å². The predicted molar refractivity (Wildman–Crippen MR) is 115 cm³/mol. The molecule has 1 amide bonds. The Morgan fingerprint density at radius 2 is 1.93 bits per heavy atom. The molecule has 2 aromatic rings. The summed E-state index contributed by atoms with van der Waals surface area (Å²) in [4.78, 5) is 14.6. The number of carbonyl (C=O) groups is 1. The highest BCUT2D eigenvalue weighted by molar-refractivity contribution is 7.99. The number of allylic oxidation sites excluding steroid dienone is 1. The minimum Gasteiger partial charge on any atom is -0.444 e. The summed E-state index contributed by atoms with van der Waals surface area (Å²) in [5.74, 6) is 0.396. The molecule has 0 unspecified atom stereocenters. The third-order valence-electron chi connectivity index (χ3n) is 4.38. The van der Waals surface area contributed by atoms with Crippen LogP contribution in [-0.4, -0.2) is 17.4 Å². The van der Waals surface area contributed by atoms with Gasteiger partial charge in [-0.25, -0.2) is 4.79 Å². The molecule has 1 aromatic heterocycles. The molecule has 7 heteroatoms. The van der Waals surface area contributed by atoms with E-state index in [0.717, 1.165) is 15.3 Å². The van der Waals surface area contributed by atoms with E-state index in [1.165, 1.54) is 11.3 Å². The molecule has 0 saturated carbocycles. The molecule has 0 aliphatic carbocycles. The summed E-state index contributed by atoms with van der Waals surface area (Å²) < 4.78 is 5.48. The SMILES string of the molecule is CC(C)(C)OC(=O)N[C@@H](c1cccs1)[C@H]1CSc2ccccc2C1=C(C#N)C#N. The van der Waals surface area contributed by atoms with E-state index in [2.05, 4.69) is 17.5 Å². The smallest absolute Gasteiger partial charge is 0.408 e. The molecule has 0 bridgehead atoms. The molecule has 29 heavy (non-hydrogen) atoms. The number of amides is 1. The number of carbonyl (C=O) groups excluding carboxylic acids is 1. The molecule has 2 atom stereocenters. The molecule has 1 aliphatic rings. The third kappa shape index (κ3) is 4.82. The van der Waals surface area contributed by atoms with Crippen LogP contribution in [0.15, 0.2) is 52.2 Å². The standard InChI is InChI=1S/C22H21N3O2S2/c1-22(2,3)27-21(26)25-20(18-9-6-10-28-18)16-13-29-17-8-5-4-7-15(17)19(16)14(11-23)12-24/h4-10,16,20H,13H2,1-3H3,(H,25,26)/t16-,20+/m0/s1. The number of nitriles is 2. The quantitative estimate of drug-likeness (QED) is 0.655. The lowest BCUT2D eigenvalue weighted by Crippen LogP contribution is -2.39.